The molecule has 1 aliphatic heterocycles. The Bertz CT molecular complexity index is 809. The number of hydrogen-bond acceptors (Lipinski definition) is 3. The Balaban J connectivity index is 1.98. The van der Waals surface area contributed by atoms with Crippen LogP contribution in [0.1, 0.15) is 30.9 Å². The maximum Gasteiger partial charge on any atom is 0.230 e. The summed E-state index contributed by atoms with van der Waals surface area (Å²) in [4.78, 5) is 15.4. The van der Waals surface area contributed by atoms with Crippen molar-refractivity contribution in [1.29, 1.82) is 0 Å². The molecule has 1 N–H and O–H groups in total. The first-order valence-electron chi connectivity index (χ1n) is 9.42. The number of anilines is 1. The zero-order valence-electron chi connectivity index (χ0n) is 16.2. The number of amides is 1. The van der Waals surface area contributed by atoms with Crippen LogP contribution in [-0.4, -0.2) is 26.1 Å². The van der Waals surface area contributed by atoms with Crippen LogP contribution in [-0.2, 0) is 17.8 Å². The van der Waals surface area contributed by atoms with Gasteiger partial charge in [-0.2, -0.15) is 0 Å². The second-order valence-electron chi connectivity index (χ2n) is 7.17. The highest BCUT2D eigenvalue weighted by Gasteiger charge is 2.31. The number of carbonyl (C=O) groups excluding carboxylic acids is 1. The average Bonchev–Trinajstić information content (AvgIpc) is 2.80. The van der Waals surface area contributed by atoms with Gasteiger partial charge in [0.15, 0.2) is 0 Å². The Hall–Kier alpha value is -2.04. The van der Waals surface area contributed by atoms with Gasteiger partial charge in [-0.1, -0.05) is 29.8 Å². The Morgan fingerprint density at radius 1 is 1.30 bits per heavy atom. The van der Waals surface area contributed by atoms with Gasteiger partial charge in [0.1, 0.15) is 5.75 Å². The molecule has 144 valence electrons. The highest BCUT2D eigenvalue weighted by molar-refractivity contribution is 6.30. The van der Waals surface area contributed by atoms with E-state index in [0.29, 0.717) is 17.6 Å². The van der Waals surface area contributed by atoms with E-state index in [9.17, 15) is 4.79 Å². The Labute approximate surface area is 166 Å². The van der Waals surface area contributed by atoms with Crippen molar-refractivity contribution in [1.82, 2.24) is 5.32 Å². The predicted molar refractivity (Wildman–Crippen MR) is 111 cm³/mol. The van der Waals surface area contributed by atoms with Crippen molar-refractivity contribution in [2.24, 2.45) is 5.92 Å². The molecule has 2 aromatic rings. The largest absolute Gasteiger partial charge is 0.496 e. The molecule has 0 aliphatic carbocycles. The molecule has 1 aliphatic rings. The zero-order chi connectivity index (χ0) is 19.4. The van der Waals surface area contributed by atoms with Crippen LogP contribution in [0, 0.1) is 5.92 Å². The van der Waals surface area contributed by atoms with Gasteiger partial charge in [0.25, 0.3) is 0 Å². The second kappa shape index (κ2) is 8.77. The Morgan fingerprint density at radius 3 is 2.81 bits per heavy atom. The Morgan fingerprint density at radius 2 is 2.07 bits per heavy atom. The van der Waals surface area contributed by atoms with Crippen LogP contribution < -0.4 is 15.0 Å². The minimum atomic E-state index is -0.00923. The molecule has 0 fully saturated rings. The molecule has 0 bridgehead atoms. The molecule has 0 radical (unpaired) electrons. The maximum atomic E-state index is 13.5. The molecular formula is C22H27ClN2O2. The smallest absolute Gasteiger partial charge is 0.230 e. The minimum Gasteiger partial charge on any atom is -0.496 e. The minimum absolute atomic E-state index is 0.00923. The summed E-state index contributed by atoms with van der Waals surface area (Å²) in [5.41, 5.74) is 3.12. The molecule has 1 unspecified atom stereocenters. The third-order valence-corrected chi connectivity index (χ3v) is 5.60. The summed E-state index contributed by atoms with van der Waals surface area (Å²) in [5, 5.41) is 3.90. The van der Waals surface area contributed by atoms with E-state index < -0.39 is 0 Å². The predicted octanol–water partition coefficient (Wildman–Crippen LogP) is 4.44. The number of nitrogens with one attached hydrogen (secondary N) is 1. The summed E-state index contributed by atoms with van der Waals surface area (Å²) in [6.45, 7) is 2.57. The van der Waals surface area contributed by atoms with Crippen LogP contribution in [0.3, 0.4) is 0 Å². The van der Waals surface area contributed by atoms with E-state index in [1.165, 1.54) is 5.56 Å². The lowest BCUT2D eigenvalue weighted by Gasteiger charge is -2.28. The number of para-hydroxylation sites is 1. The normalized spacial score (nSPS) is 18.0. The summed E-state index contributed by atoms with van der Waals surface area (Å²) in [6.07, 6.45) is 2.60. The first kappa shape index (κ1) is 19.7. The van der Waals surface area contributed by atoms with Crippen LogP contribution >= 0.6 is 11.6 Å². The van der Waals surface area contributed by atoms with Gasteiger partial charge < -0.3 is 15.0 Å². The standard InChI is InChI=1S/C22H27ClN2O2/c1-15(24-2)12-17-9-8-16-6-4-5-7-20(16)25(22(17)26)14-18-13-19(23)10-11-21(18)27-3/h4-7,10-11,13,15,17,24H,8-9,12,14H2,1-3H3/t15-,17?/m0/s1. The molecule has 1 heterocycles. The average molecular weight is 387 g/mol. The third kappa shape index (κ3) is 4.45. The quantitative estimate of drug-likeness (QED) is 0.797. The van der Waals surface area contributed by atoms with Gasteiger partial charge in [0.05, 0.1) is 13.7 Å². The molecule has 1 amide bonds. The van der Waals surface area contributed by atoms with Crippen LogP contribution in [0.25, 0.3) is 0 Å². The van der Waals surface area contributed by atoms with Crippen molar-refractivity contribution in [2.45, 2.75) is 38.8 Å². The zero-order valence-corrected chi connectivity index (χ0v) is 16.9. The van der Waals surface area contributed by atoms with Crippen molar-refractivity contribution in [3.05, 3.63) is 58.6 Å². The molecule has 0 aromatic heterocycles. The first-order valence-corrected chi connectivity index (χ1v) is 9.80. The fourth-order valence-corrected chi connectivity index (χ4v) is 3.94. The lowest BCUT2D eigenvalue weighted by atomic mass is 9.94. The SMILES string of the molecule is CN[C@@H](C)CC1CCc2ccccc2N(Cc2cc(Cl)ccc2OC)C1=O. The number of carbonyl (C=O) groups is 1. The number of ether oxygens (including phenoxy) is 1. The lowest BCUT2D eigenvalue weighted by molar-refractivity contribution is -0.123. The van der Waals surface area contributed by atoms with E-state index in [-0.39, 0.29) is 11.8 Å². The second-order valence-corrected chi connectivity index (χ2v) is 7.61. The fraction of sp³-hybridized carbons (Fsp3) is 0.409. The number of benzene rings is 2. The van der Waals surface area contributed by atoms with Crippen molar-refractivity contribution in [2.75, 3.05) is 19.1 Å². The maximum absolute atomic E-state index is 13.5. The van der Waals surface area contributed by atoms with Gasteiger partial charge in [-0.15, -0.1) is 0 Å². The van der Waals surface area contributed by atoms with Gasteiger partial charge in [0.2, 0.25) is 5.91 Å². The topological polar surface area (TPSA) is 41.6 Å². The van der Waals surface area contributed by atoms with E-state index in [1.54, 1.807) is 13.2 Å². The molecule has 4 nitrogen and oxygen atoms in total. The summed E-state index contributed by atoms with van der Waals surface area (Å²) in [7, 11) is 3.58. The van der Waals surface area contributed by atoms with E-state index in [1.807, 2.05) is 42.3 Å². The van der Waals surface area contributed by atoms with Gasteiger partial charge in [0, 0.05) is 28.2 Å². The first-order chi connectivity index (χ1) is 13.0. The number of rotatable bonds is 6. The molecular weight excluding hydrogens is 360 g/mol. The van der Waals surface area contributed by atoms with Crippen molar-refractivity contribution in [3.8, 4) is 5.75 Å². The third-order valence-electron chi connectivity index (χ3n) is 5.36. The highest BCUT2D eigenvalue weighted by Crippen LogP contribution is 2.34. The van der Waals surface area contributed by atoms with Crippen molar-refractivity contribution >= 4 is 23.2 Å². The monoisotopic (exact) mass is 386 g/mol. The van der Waals surface area contributed by atoms with Crippen LogP contribution in [0.5, 0.6) is 5.75 Å². The van der Waals surface area contributed by atoms with Gasteiger partial charge in [-0.3, -0.25) is 4.79 Å². The molecule has 27 heavy (non-hydrogen) atoms. The van der Waals surface area contributed by atoms with Crippen LogP contribution in [0.2, 0.25) is 5.02 Å². The molecule has 2 atom stereocenters. The number of nitrogens with zero attached hydrogens (tertiary/aromatic N) is 1. The molecule has 0 saturated carbocycles. The van der Waals surface area contributed by atoms with E-state index in [0.717, 1.165) is 36.3 Å². The summed E-state index contributed by atoms with van der Waals surface area (Å²) in [6, 6.07) is 14.0. The number of fused-ring (bicyclic) bond motifs is 1. The number of methoxy groups -OCH3 is 1. The van der Waals surface area contributed by atoms with E-state index in [4.69, 9.17) is 16.3 Å². The Kier molecular flexibility index (Phi) is 6.40. The molecule has 0 spiro atoms. The molecule has 5 heteroatoms. The van der Waals surface area contributed by atoms with E-state index in [2.05, 4.69) is 18.3 Å². The molecule has 3 rings (SSSR count). The number of hydrogen-bond donors (Lipinski definition) is 1. The summed E-state index contributed by atoms with van der Waals surface area (Å²) < 4.78 is 5.50. The summed E-state index contributed by atoms with van der Waals surface area (Å²) in [5.74, 6) is 0.906. The van der Waals surface area contributed by atoms with Gasteiger partial charge in [-0.25, -0.2) is 0 Å². The molecule has 0 saturated heterocycles. The van der Waals surface area contributed by atoms with Crippen LogP contribution in [0.15, 0.2) is 42.5 Å². The van der Waals surface area contributed by atoms with Gasteiger partial charge >= 0.3 is 0 Å². The van der Waals surface area contributed by atoms with Crippen molar-refractivity contribution in [3.63, 3.8) is 0 Å². The van der Waals surface area contributed by atoms with Gasteiger partial charge in [-0.05, 0) is 63.1 Å². The van der Waals surface area contributed by atoms with Crippen LogP contribution in [0.4, 0.5) is 5.69 Å². The van der Waals surface area contributed by atoms with E-state index >= 15 is 0 Å². The number of aryl methyl sites for hydroxylation is 1. The number of halogens is 1. The summed E-state index contributed by atoms with van der Waals surface area (Å²) >= 11 is 6.21. The molecule has 2 aromatic carbocycles. The highest BCUT2D eigenvalue weighted by atomic mass is 35.5. The van der Waals surface area contributed by atoms with Crippen molar-refractivity contribution < 1.29 is 9.53 Å². The fourth-order valence-electron chi connectivity index (χ4n) is 3.75. The lowest BCUT2D eigenvalue weighted by Crippen LogP contribution is -2.37.